The van der Waals surface area contributed by atoms with E-state index >= 15 is 0 Å². The monoisotopic (exact) mass is 353 g/mol. The van der Waals surface area contributed by atoms with E-state index in [0.717, 1.165) is 0 Å². The average Bonchev–Trinajstić information content (AvgIpc) is 2.73. The van der Waals surface area contributed by atoms with Gasteiger partial charge in [-0.2, -0.15) is 0 Å². The molecule has 2 rings (SSSR count). The van der Waals surface area contributed by atoms with E-state index in [1.807, 2.05) is 27.7 Å². The predicted octanol–water partition coefficient (Wildman–Crippen LogP) is 1.81. The third kappa shape index (κ3) is 3.81. The van der Waals surface area contributed by atoms with Crippen LogP contribution in [0, 0.1) is 5.82 Å². The smallest absolute Gasteiger partial charge is 0.468 e. The van der Waals surface area contributed by atoms with Gasteiger partial charge < -0.3 is 23.7 Å². The molecule has 1 fully saturated rings. The van der Waals surface area contributed by atoms with Gasteiger partial charge in [0.05, 0.1) is 16.8 Å². The van der Waals surface area contributed by atoms with Crippen LogP contribution in [-0.4, -0.2) is 57.1 Å². The average molecular weight is 353 g/mol. The first-order valence-electron chi connectivity index (χ1n) is 8.02. The Morgan fingerprint density at radius 2 is 1.76 bits per heavy atom. The van der Waals surface area contributed by atoms with Crippen molar-refractivity contribution >= 4 is 18.5 Å². The van der Waals surface area contributed by atoms with Crippen LogP contribution in [0.3, 0.4) is 0 Å². The number of hydrogen-bond donors (Lipinski definition) is 0. The van der Waals surface area contributed by atoms with Crippen LogP contribution in [0.2, 0.25) is 0 Å². The first-order chi connectivity index (χ1) is 11.5. The highest BCUT2D eigenvalue weighted by Gasteiger charge is 2.52. The van der Waals surface area contributed by atoms with E-state index < -0.39 is 30.0 Å². The van der Waals surface area contributed by atoms with E-state index in [2.05, 4.69) is 0 Å². The number of ether oxygens (including phenoxy) is 2. The second kappa shape index (κ2) is 6.94. The van der Waals surface area contributed by atoms with Crippen molar-refractivity contribution in [3.05, 3.63) is 23.5 Å². The van der Waals surface area contributed by atoms with E-state index in [1.54, 1.807) is 14.1 Å². The van der Waals surface area contributed by atoms with Gasteiger partial charge in [-0.05, 0) is 39.8 Å². The molecule has 0 unspecified atom stereocenters. The second-order valence-electron chi connectivity index (χ2n) is 7.21. The Morgan fingerprint density at radius 3 is 2.24 bits per heavy atom. The molecule has 1 saturated heterocycles. The van der Waals surface area contributed by atoms with Crippen molar-refractivity contribution in [3.63, 3.8) is 0 Å². The van der Waals surface area contributed by atoms with Gasteiger partial charge in [0.15, 0.2) is 6.79 Å². The number of amides is 1. The molecule has 1 aliphatic heterocycles. The van der Waals surface area contributed by atoms with Crippen molar-refractivity contribution in [2.45, 2.75) is 38.9 Å². The van der Waals surface area contributed by atoms with Crippen molar-refractivity contribution in [2.75, 3.05) is 28.0 Å². The van der Waals surface area contributed by atoms with Gasteiger partial charge in [0.1, 0.15) is 11.6 Å². The molecule has 0 aliphatic carbocycles. The van der Waals surface area contributed by atoms with Crippen molar-refractivity contribution < 1.29 is 28.0 Å². The van der Waals surface area contributed by atoms with E-state index in [0.29, 0.717) is 5.46 Å². The quantitative estimate of drug-likeness (QED) is 0.597. The van der Waals surface area contributed by atoms with E-state index in [4.69, 9.17) is 18.8 Å². The highest BCUT2D eigenvalue weighted by Crippen LogP contribution is 2.37. The fourth-order valence-electron chi connectivity index (χ4n) is 2.38. The van der Waals surface area contributed by atoms with Crippen molar-refractivity contribution in [2.24, 2.45) is 0 Å². The molecule has 1 aromatic rings. The molecule has 1 heterocycles. The Kier molecular flexibility index (Phi) is 5.46. The summed E-state index contributed by atoms with van der Waals surface area (Å²) in [5.41, 5.74) is -0.866. The molecule has 1 aliphatic rings. The summed E-state index contributed by atoms with van der Waals surface area (Å²) in [4.78, 5) is 13.5. The maximum Gasteiger partial charge on any atom is 0.498 e. The third-order valence-corrected chi connectivity index (χ3v) is 4.58. The van der Waals surface area contributed by atoms with Gasteiger partial charge in [-0.1, -0.05) is 0 Å². The number of benzene rings is 1. The minimum Gasteiger partial charge on any atom is -0.468 e. The number of rotatable bonds is 5. The molecule has 1 aromatic carbocycles. The molecule has 0 N–H and O–H groups in total. The summed E-state index contributed by atoms with van der Waals surface area (Å²) < 4.78 is 37.0. The minimum absolute atomic E-state index is 0.0479. The molecule has 0 saturated carbocycles. The van der Waals surface area contributed by atoms with E-state index in [1.165, 1.54) is 24.1 Å². The summed E-state index contributed by atoms with van der Waals surface area (Å²) in [7, 11) is 3.78. The molecular formula is C17H25BFNO5. The molecule has 0 spiro atoms. The summed E-state index contributed by atoms with van der Waals surface area (Å²) >= 11 is 0. The Labute approximate surface area is 148 Å². The van der Waals surface area contributed by atoms with Crippen LogP contribution >= 0.6 is 0 Å². The minimum atomic E-state index is -0.810. The molecule has 8 heteroatoms. The van der Waals surface area contributed by atoms with Gasteiger partial charge >= 0.3 is 7.12 Å². The first-order valence-corrected chi connectivity index (χ1v) is 8.02. The summed E-state index contributed by atoms with van der Waals surface area (Å²) in [6.07, 6.45) is 0. The van der Waals surface area contributed by atoms with Gasteiger partial charge in [-0.25, -0.2) is 4.39 Å². The Bertz CT molecular complexity index is 647. The highest BCUT2D eigenvalue weighted by atomic mass is 19.1. The van der Waals surface area contributed by atoms with E-state index in [-0.39, 0.29) is 18.1 Å². The zero-order valence-electron chi connectivity index (χ0n) is 15.8. The number of hydrogen-bond acceptors (Lipinski definition) is 5. The van der Waals surface area contributed by atoms with Gasteiger partial charge in [0.2, 0.25) is 0 Å². The van der Waals surface area contributed by atoms with Gasteiger partial charge in [-0.15, -0.1) is 0 Å². The number of halogens is 1. The molecule has 0 aromatic heterocycles. The predicted molar refractivity (Wildman–Crippen MR) is 92.6 cm³/mol. The lowest BCUT2D eigenvalue weighted by molar-refractivity contribution is 0.00578. The summed E-state index contributed by atoms with van der Waals surface area (Å²) in [6.45, 7) is 7.58. The zero-order valence-corrected chi connectivity index (χ0v) is 15.8. The van der Waals surface area contributed by atoms with Crippen LogP contribution in [0.1, 0.15) is 38.1 Å². The van der Waals surface area contributed by atoms with Crippen LogP contribution in [0.15, 0.2) is 12.1 Å². The summed E-state index contributed by atoms with van der Waals surface area (Å²) in [6, 6.07) is 2.58. The van der Waals surface area contributed by atoms with Crippen LogP contribution in [0.25, 0.3) is 0 Å². The molecule has 0 atom stereocenters. The van der Waals surface area contributed by atoms with Crippen LogP contribution < -0.4 is 10.2 Å². The van der Waals surface area contributed by atoms with Gasteiger partial charge in [-0.3, -0.25) is 4.79 Å². The molecule has 0 bridgehead atoms. The fraction of sp³-hybridized carbons (Fsp3) is 0.588. The number of nitrogens with zero attached hydrogens (tertiary/aromatic N) is 1. The topological polar surface area (TPSA) is 57.2 Å². The first kappa shape index (κ1) is 19.7. The molecule has 25 heavy (non-hydrogen) atoms. The van der Waals surface area contributed by atoms with Crippen molar-refractivity contribution in [3.8, 4) is 5.75 Å². The van der Waals surface area contributed by atoms with Gasteiger partial charge in [0.25, 0.3) is 5.91 Å². The van der Waals surface area contributed by atoms with Crippen LogP contribution in [-0.2, 0) is 14.0 Å². The Morgan fingerprint density at radius 1 is 1.20 bits per heavy atom. The largest absolute Gasteiger partial charge is 0.498 e. The van der Waals surface area contributed by atoms with Crippen molar-refractivity contribution in [1.82, 2.24) is 4.90 Å². The number of methoxy groups -OCH3 is 1. The summed E-state index contributed by atoms with van der Waals surface area (Å²) in [5.74, 6) is -0.833. The lowest BCUT2D eigenvalue weighted by atomic mass is 9.77. The maximum absolute atomic E-state index is 14.6. The SMILES string of the molecule is COCOc1cc(C(=O)N(C)C)c(F)cc1B1OC(C)(C)C(C)(C)O1. The van der Waals surface area contributed by atoms with Crippen LogP contribution in [0.4, 0.5) is 4.39 Å². The summed E-state index contributed by atoms with van der Waals surface area (Å²) in [5, 5.41) is 0. The van der Waals surface area contributed by atoms with Crippen LogP contribution in [0.5, 0.6) is 5.75 Å². The normalized spacial score (nSPS) is 18.3. The highest BCUT2D eigenvalue weighted by molar-refractivity contribution is 6.63. The molecule has 0 radical (unpaired) electrons. The Balaban J connectivity index is 2.47. The zero-order chi connectivity index (χ0) is 19.0. The van der Waals surface area contributed by atoms with E-state index in [9.17, 15) is 9.18 Å². The lowest BCUT2D eigenvalue weighted by Crippen LogP contribution is -2.41. The lowest BCUT2D eigenvalue weighted by Gasteiger charge is -2.32. The van der Waals surface area contributed by atoms with Crippen molar-refractivity contribution in [1.29, 1.82) is 0 Å². The third-order valence-electron chi connectivity index (χ3n) is 4.58. The second-order valence-corrected chi connectivity index (χ2v) is 7.21. The van der Waals surface area contributed by atoms with Gasteiger partial charge in [0, 0.05) is 26.7 Å². The Hall–Kier alpha value is -1.64. The maximum atomic E-state index is 14.6. The molecule has 1 amide bonds. The molecule has 6 nitrogen and oxygen atoms in total. The molecular weight excluding hydrogens is 328 g/mol. The molecule has 138 valence electrons. The standard InChI is InChI=1S/C17H25BFNO5/c1-16(2)17(3,4)25-18(24-16)12-9-13(19)11(15(21)20(5)6)8-14(12)23-10-22-7/h8-9H,10H2,1-7H3. The number of carbonyl (C=O) groups is 1. The fourth-order valence-corrected chi connectivity index (χ4v) is 2.38. The number of carbonyl (C=O) groups excluding carboxylic acids is 1.